The third-order valence-electron chi connectivity index (χ3n) is 2.84. The van der Waals surface area contributed by atoms with Gasteiger partial charge in [-0.1, -0.05) is 15.9 Å². The Morgan fingerprint density at radius 3 is 2.37 bits per heavy atom. The SMILES string of the molecule is CC(C)(C)S(=O)(=O)CCC(=O)c1ccc(Br)cc1N. The lowest BCUT2D eigenvalue weighted by molar-refractivity contribution is 0.0989. The van der Waals surface area contributed by atoms with Gasteiger partial charge in [-0.2, -0.15) is 0 Å². The van der Waals surface area contributed by atoms with Crippen LogP contribution in [0.15, 0.2) is 22.7 Å². The van der Waals surface area contributed by atoms with Gasteiger partial charge < -0.3 is 5.73 Å². The number of hydrogen-bond donors (Lipinski definition) is 1. The first-order valence-electron chi connectivity index (χ1n) is 5.85. The molecule has 0 aromatic heterocycles. The molecule has 4 nitrogen and oxygen atoms in total. The highest BCUT2D eigenvalue weighted by Gasteiger charge is 2.29. The predicted octanol–water partition coefficient (Wildman–Crippen LogP) is 2.82. The lowest BCUT2D eigenvalue weighted by Gasteiger charge is -2.18. The Labute approximate surface area is 122 Å². The maximum absolute atomic E-state index is 12.0. The molecule has 0 unspecified atom stereocenters. The number of ketones is 1. The van der Waals surface area contributed by atoms with Gasteiger partial charge in [-0.25, -0.2) is 8.42 Å². The van der Waals surface area contributed by atoms with Crippen LogP contribution in [0.5, 0.6) is 0 Å². The van der Waals surface area contributed by atoms with E-state index in [1.807, 2.05) is 0 Å². The van der Waals surface area contributed by atoms with Crippen LogP contribution in [0.3, 0.4) is 0 Å². The minimum atomic E-state index is -3.29. The number of halogens is 1. The highest BCUT2D eigenvalue weighted by Crippen LogP contribution is 2.22. The zero-order valence-electron chi connectivity index (χ0n) is 11.2. The summed E-state index contributed by atoms with van der Waals surface area (Å²) in [5, 5.41) is 0. The van der Waals surface area contributed by atoms with Gasteiger partial charge in [-0.3, -0.25) is 4.79 Å². The Hall–Kier alpha value is -0.880. The molecule has 0 bridgehead atoms. The van der Waals surface area contributed by atoms with Crippen LogP contribution in [0.4, 0.5) is 5.69 Å². The molecule has 0 atom stereocenters. The van der Waals surface area contributed by atoms with E-state index in [2.05, 4.69) is 15.9 Å². The summed E-state index contributed by atoms with van der Waals surface area (Å²) in [5.74, 6) is -0.414. The maximum atomic E-state index is 12.0. The number of Topliss-reactive ketones (excluding diaryl/α,β-unsaturated/α-hetero) is 1. The number of benzene rings is 1. The van der Waals surface area contributed by atoms with E-state index in [1.165, 1.54) is 0 Å². The van der Waals surface area contributed by atoms with Crippen LogP contribution in [0.1, 0.15) is 37.6 Å². The van der Waals surface area contributed by atoms with Gasteiger partial charge in [-0.15, -0.1) is 0 Å². The fourth-order valence-corrected chi connectivity index (χ4v) is 2.90. The average molecular weight is 348 g/mol. The van der Waals surface area contributed by atoms with Crippen molar-refractivity contribution in [1.29, 1.82) is 0 Å². The zero-order chi connectivity index (χ0) is 14.8. The second kappa shape index (κ2) is 5.63. The number of carbonyl (C=O) groups is 1. The van der Waals surface area contributed by atoms with Gasteiger partial charge in [0, 0.05) is 22.1 Å². The van der Waals surface area contributed by atoms with Crippen molar-refractivity contribution >= 4 is 37.2 Å². The maximum Gasteiger partial charge on any atom is 0.165 e. The molecule has 0 radical (unpaired) electrons. The van der Waals surface area contributed by atoms with Crippen LogP contribution in [0.2, 0.25) is 0 Å². The second-order valence-corrected chi connectivity index (χ2v) is 9.11. The number of carbonyl (C=O) groups excluding carboxylic acids is 1. The number of rotatable bonds is 4. The molecule has 0 heterocycles. The molecule has 0 aliphatic rings. The van der Waals surface area contributed by atoms with E-state index in [0.717, 1.165) is 4.47 Å². The molecule has 0 amide bonds. The van der Waals surface area contributed by atoms with Crippen LogP contribution < -0.4 is 5.73 Å². The minimum absolute atomic E-state index is 0.0502. The Balaban J connectivity index is 2.82. The molecule has 0 saturated carbocycles. The summed E-state index contributed by atoms with van der Waals surface area (Å²) in [6.45, 7) is 4.88. The summed E-state index contributed by atoms with van der Waals surface area (Å²) in [7, 11) is -3.29. The van der Waals surface area contributed by atoms with Crippen molar-refractivity contribution in [2.75, 3.05) is 11.5 Å². The highest BCUT2D eigenvalue weighted by atomic mass is 79.9. The van der Waals surface area contributed by atoms with Crippen LogP contribution in [0.25, 0.3) is 0 Å². The molecule has 19 heavy (non-hydrogen) atoms. The first-order valence-corrected chi connectivity index (χ1v) is 8.29. The minimum Gasteiger partial charge on any atom is -0.398 e. The van der Waals surface area contributed by atoms with Crippen LogP contribution in [-0.4, -0.2) is 24.7 Å². The quantitative estimate of drug-likeness (QED) is 0.670. The number of anilines is 1. The fourth-order valence-electron chi connectivity index (χ4n) is 1.46. The average Bonchev–Trinajstić information content (AvgIpc) is 2.24. The molecular weight excluding hydrogens is 330 g/mol. The van der Waals surface area contributed by atoms with Gasteiger partial charge in [0.15, 0.2) is 15.6 Å². The summed E-state index contributed by atoms with van der Waals surface area (Å²) < 4.78 is 23.8. The summed E-state index contributed by atoms with van der Waals surface area (Å²) in [6.07, 6.45) is -0.0502. The number of nitrogen functional groups attached to an aromatic ring is 1. The first-order chi connectivity index (χ1) is 8.54. The van der Waals surface area contributed by atoms with E-state index in [4.69, 9.17) is 5.73 Å². The Morgan fingerprint density at radius 2 is 1.89 bits per heavy atom. The fraction of sp³-hybridized carbons (Fsp3) is 0.462. The van der Waals surface area contributed by atoms with Gasteiger partial charge in [-0.05, 0) is 39.0 Å². The van der Waals surface area contributed by atoms with Crippen LogP contribution >= 0.6 is 15.9 Å². The van der Waals surface area contributed by atoms with E-state index in [-0.39, 0.29) is 18.0 Å². The lowest BCUT2D eigenvalue weighted by Crippen LogP contribution is -2.31. The number of nitrogens with two attached hydrogens (primary N) is 1. The lowest BCUT2D eigenvalue weighted by atomic mass is 10.1. The van der Waals surface area contributed by atoms with Crippen LogP contribution in [-0.2, 0) is 9.84 Å². The van der Waals surface area contributed by atoms with Gasteiger partial charge in [0.25, 0.3) is 0 Å². The molecule has 1 rings (SSSR count). The van der Waals surface area contributed by atoms with Crippen molar-refractivity contribution in [3.05, 3.63) is 28.2 Å². The van der Waals surface area contributed by atoms with Gasteiger partial charge in [0.2, 0.25) is 0 Å². The van der Waals surface area contributed by atoms with Crippen molar-refractivity contribution in [3.8, 4) is 0 Å². The van der Waals surface area contributed by atoms with Crippen molar-refractivity contribution in [2.45, 2.75) is 31.9 Å². The third-order valence-corrected chi connectivity index (χ3v) is 5.95. The summed E-state index contributed by atoms with van der Waals surface area (Å²) in [4.78, 5) is 12.0. The summed E-state index contributed by atoms with van der Waals surface area (Å²) in [5.41, 5.74) is 6.47. The van der Waals surface area contributed by atoms with Gasteiger partial charge in [0.05, 0.1) is 10.5 Å². The molecular formula is C13H18BrNO3S. The van der Waals surface area contributed by atoms with Crippen molar-refractivity contribution in [3.63, 3.8) is 0 Å². The summed E-state index contributed by atoms with van der Waals surface area (Å²) in [6, 6.07) is 4.94. The molecule has 1 aromatic rings. The van der Waals surface area contributed by atoms with Gasteiger partial charge >= 0.3 is 0 Å². The number of sulfone groups is 1. The Bertz CT molecular complexity index is 588. The van der Waals surface area contributed by atoms with Crippen molar-refractivity contribution in [1.82, 2.24) is 0 Å². The monoisotopic (exact) mass is 347 g/mol. The molecule has 0 aliphatic heterocycles. The zero-order valence-corrected chi connectivity index (χ0v) is 13.6. The van der Waals surface area contributed by atoms with E-state index >= 15 is 0 Å². The molecule has 106 valence electrons. The van der Waals surface area contributed by atoms with Crippen molar-refractivity contribution in [2.24, 2.45) is 0 Å². The van der Waals surface area contributed by atoms with E-state index in [1.54, 1.807) is 39.0 Å². The second-order valence-electron chi connectivity index (χ2n) is 5.34. The summed E-state index contributed by atoms with van der Waals surface area (Å²) >= 11 is 3.26. The molecule has 1 aromatic carbocycles. The van der Waals surface area contributed by atoms with Gasteiger partial charge in [0.1, 0.15) is 0 Å². The van der Waals surface area contributed by atoms with Crippen molar-refractivity contribution < 1.29 is 13.2 Å². The van der Waals surface area contributed by atoms with E-state index < -0.39 is 14.6 Å². The number of hydrogen-bond acceptors (Lipinski definition) is 4. The highest BCUT2D eigenvalue weighted by molar-refractivity contribution is 9.10. The third kappa shape index (κ3) is 4.04. The molecule has 0 aliphatic carbocycles. The predicted molar refractivity (Wildman–Crippen MR) is 81.0 cm³/mol. The molecule has 0 saturated heterocycles. The first kappa shape index (κ1) is 16.2. The molecule has 6 heteroatoms. The normalized spacial score (nSPS) is 12.4. The van der Waals surface area contributed by atoms with E-state index in [0.29, 0.717) is 11.3 Å². The van der Waals surface area contributed by atoms with E-state index in [9.17, 15) is 13.2 Å². The largest absolute Gasteiger partial charge is 0.398 e. The molecule has 0 spiro atoms. The Morgan fingerprint density at radius 1 is 1.32 bits per heavy atom. The topological polar surface area (TPSA) is 77.2 Å². The Kier molecular flexibility index (Phi) is 4.79. The smallest absolute Gasteiger partial charge is 0.165 e. The van der Waals surface area contributed by atoms with Crippen LogP contribution in [0, 0.1) is 0 Å². The standard InChI is InChI=1S/C13H18BrNO3S/c1-13(2,3)19(17,18)7-6-12(16)10-5-4-9(14)8-11(10)15/h4-5,8H,6-7,15H2,1-3H3. The molecule has 2 N–H and O–H groups in total. The molecule has 0 fully saturated rings.